The predicted molar refractivity (Wildman–Crippen MR) is 43.2 cm³/mol. The Bertz CT molecular complexity index is 173. The van der Waals surface area contributed by atoms with Crippen molar-refractivity contribution >= 4 is 6.29 Å². The maximum absolute atomic E-state index is 10.00. The highest BCUT2D eigenvalue weighted by Crippen LogP contribution is 2.07. The van der Waals surface area contributed by atoms with Crippen molar-refractivity contribution in [2.75, 3.05) is 6.61 Å². The van der Waals surface area contributed by atoms with Crippen LogP contribution in [0.5, 0.6) is 0 Å². The lowest BCUT2D eigenvalue weighted by atomic mass is 10.0. The predicted octanol–water partition coefficient (Wildman–Crippen LogP) is -4.02. The standard InChI is InChI=1S/C7H14O7/c8-1-3(10)5(12)7(14)6(13)4(11)2-9/h1,3-7,9-14H,2H2/t3-,4-,5-,6-,7-/m1/s1. The van der Waals surface area contributed by atoms with E-state index in [9.17, 15) is 4.79 Å². The van der Waals surface area contributed by atoms with E-state index in [1.165, 1.54) is 0 Å². The minimum atomic E-state index is -1.92. The summed E-state index contributed by atoms with van der Waals surface area (Å²) >= 11 is 0. The molecule has 0 rings (SSSR count). The summed E-state index contributed by atoms with van der Waals surface area (Å²) in [6.45, 7) is -0.817. The highest BCUT2D eigenvalue weighted by atomic mass is 16.4. The SMILES string of the molecule is O=C[C@@H](O)[C@@H](O)[C@@H](O)[C@H](O)[C@H](O)CO. The second-order valence-corrected chi connectivity index (χ2v) is 2.85. The van der Waals surface area contributed by atoms with Crippen molar-refractivity contribution in [1.82, 2.24) is 0 Å². The molecule has 5 atom stereocenters. The number of aliphatic hydroxyl groups is 6. The van der Waals surface area contributed by atoms with Gasteiger partial charge < -0.3 is 35.4 Å². The molecule has 0 aliphatic rings. The quantitative estimate of drug-likeness (QED) is 0.245. The van der Waals surface area contributed by atoms with Crippen LogP contribution in [0.4, 0.5) is 0 Å². The van der Waals surface area contributed by atoms with Crippen molar-refractivity contribution in [3.8, 4) is 0 Å². The summed E-state index contributed by atoms with van der Waals surface area (Å²) < 4.78 is 0. The molecule has 0 heterocycles. The van der Waals surface area contributed by atoms with Gasteiger partial charge in [0.15, 0.2) is 6.29 Å². The van der Waals surface area contributed by atoms with E-state index in [0.717, 1.165) is 0 Å². The van der Waals surface area contributed by atoms with Crippen molar-refractivity contribution in [2.45, 2.75) is 30.5 Å². The summed E-state index contributed by atoms with van der Waals surface area (Å²) in [6, 6.07) is 0. The minimum Gasteiger partial charge on any atom is -0.394 e. The molecule has 0 spiro atoms. The van der Waals surface area contributed by atoms with Crippen LogP contribution in [-0.4, -0.2) is 74.1 Å². The van der Waals surface area contributed by atoms with Crippen molar-refractivity contribution in [2.24, 2.45) is 0 Å². The van der Waals surface area contributed by atoms with Crippen molar-refractivity contribution in [1.29, 1.82) is 0 Å². The van der Waals surface area contributed by atoms with Gasteiger partial charge in [-0.15, -0.1) is 0 Å². The van der Waals surface area contributed by atoms with Gasteiger partial charge in [-0.25, -0.2) is 0 Å². The first-order valence-corrected chi connectivity index (χ1v) is 3.92. The number of hydrogen-bond donors (Lipinski definition) is 6. The number of rotatable bonds is 6. The highest BCUT2D eigenvalue weighted by molar-refractivity contribution is 5.56. The fraction of sp³-hybridized carbons (Fsp3) is 0.857. The number of hydrogen-bond acceptors (Lipinski definition) is 7. The summed E-state index contributed by atoms with van der Waals surface area (Å²) in [6.07, 6.45) is -9.21. The normalized spacial score (nSPS) is 22.1. The second kappa shape index (κ2) is 6.02. The molecule has 14 heavy (non-hydrogen) atoms. The van der Waals surface area contributed by atoms with Gasteiger partial charge in [0.2, 0.25) is 0 Å². The van der Waals surface area contributed by atoms with E-state index in [2.05, 4.69) is 0 Å². The Balaban J connectivity index is 4.29. The van der Waals surface area contributed by atoms with Crippen molar-refractivity contribution in [3.63, 3.8) is 0 Å². The van der Waals surface area contributed by atoms with Crippen LogP contribution in [0.3, 0.4) is 0 Å². The van der Waals surface area contributed by atoms with Gasteiger partial charge in [-0.3, -0.25) is 0 Å². The van der Waals surface area contributed by atoms with E-state index in [1.54, 1.807) is 0 Å². The molecule has 0 aromatic carbocycles. The second-order valence-electron chi connectivity index (χ2n) is 2.85. The van der Waals surface area contributed by atoms with Gasteiger partial charge >= 0.3 is 0 Å². The smallest absolute Gasteiger partial charge is 0.151 e. The zero-order valence-corrected chi connectivity index (χ0v) is 7.26. The molecule has 0 aliphatic carbocycles. The Morgan fingerprint density at radius 3 is 1.79 bits per heavy atom. The summed E-state index contributed by atoms with van der Waals surface area (Å²) in [7, 11) is 0. The van der Waals surface area contributed by atoms with Crippen LogP contribution < -0.4 is 0 Å². The molecule has 0 amide bonds. The van der Waals surface area contributed by atoms with E-state index in [4.69, 9.17) is 30.6 Å². The van der Waals surface area contributed by atoms with Gasteiger partial charge in [0.05, 0.1) is 6.61 Å². The average Bonchev–Trinajstić information content (AvgIpc) is 2.23. The lowest BCUT2D eigenvalue weighted by molar-refractivity contribution is -0.147. The zero-order valence-electron chi connectivity index (χ0n) is 7.26. The Labute approximate surface area is 79.9 Å². The van der Waals surface area contributed by atoms with Crippen LogP contribution >= 0.6 is 0 Å². The maximum atomic E-state index is 10.00. The lowest BCUT2D eigenvalue weighted by Crippen LogP contribution is -2.50. The molecule has 7 nitrogen and oxygen atoms in total. The summed E-state index contributed by atoms with van der Waals surface area (Å²) in [5.74, 6) is 0. The Kier molecular flexibility index (Phi) is 5.77. The van der Waals surface area contributed by atoms with Gasteiger partial charge in [0.25, 0.3) is 0 Å². The van der Waals surface area contributed by atoms with Crippen LogP contribution in [0.1, 0.15) is 0 Å². The van der Waals surface area contributed by atoms with E-state index in [1.807, 2.05) is 0 Å². The minimum absolute atomic E-state index is 0.0219. The van der Waals surface area contributed by atoms with Gasteiger partial charge in [-0.2, -0.15) is 0 Å². The van der Waals surface area contributed by atoms with Crippen LogP contribution in [0, 0.1) is 0 Å². The number of aldehydes is 1. The van der Waals surface area contributed by atoms with Crippen LogP contribution in [0.25, 0.3) is 0 Å². The maximum Gasteiger partial charge on any atom is 0.151 e. The van der Waals surface area contributed by atoms with Crippen LogP contribution in [0.2, 0.25) is 0 Å². The first-order chi connectivity index (χ1) is 6.45. The molecule has 0 radical (unpaired) electrons. The zero-order chi connectivity index (χ0) is 11.3. The van der Waals surface area contributed by atoms with Gasteiger partial charge in [0.1, 0.15) is 30.5 Å². The molecular formula is C7H14O7. The van der Waals surface area contributed by atoms with Gasteiger partial charge in [-0.1, -0.05) is 0 Å². The summed E-state index contributed by atoms with van der Waals surface area (Å²) in [4.78, 5) is 10.00. The molecule has 0 aliphatic heterocycles. The van der Waals surface area contributed by atoms with Gasteiger partial charge in [-0.05, 0) is 0 Å². The Hall–Kier alpha value is -0.570. The Morgan fingerprint density at radius 1 is 0.929 bits per heavy atom. The summed E-state index contributed by atoms with van der Waals surface area (Å²) in [5.41, 5.74) is 0. The average molecular weight is 210 g/mol. The molecule has 0 saturated heterocycles. The molecule has 0 aromatic heterocycles. The molecule has 0 saturated carbocycles. The topological polar surface area (TPSA) is 138 Å². The largest absolute Gasteiger partial charge is 0.394 e. The molecule has 0 aromatic rings. The third kappa shape index (κ3) is 3.29. The molecule has 0 bridgehead atoms. The molecule has 6 N–H and O–H groups in total. The van der Waals surface area contributed by atoms with Crippen molar-refractivity contribution in [3.05, 3.63) is 0 Å². The van der Waals surface area contributed by atoms with E-state index in [0.29, 0.717) is 0 Å². The number of carbonyl (C=O) groups is 1. The van der Waals surface area contributed by atoms with E-state index in [-0.39, 0.29) is 6.29 Å². The Morgan fingerprint density at radius 2 is 1.43 bits per heavy atom. The van der Waals surface area contributed by atoms with E-state index < -0.39 is 37.1 Å². The molecular weight excluding hydrogens is 196 g/mol. The molecule has 84 valence electrons. The van der Waals surface area contributed by atoms with Gasteiger partial charge in [0, 0.05) is 0 Å². The highest BCUT2D eigenvalue weighted by Gasteiger charge is 2.33. The van der Waals surface area contributed by atoms with E-state index >= 15 is 0 Å². The monoisotopic (exact) mass is 210 g/mol. The molecule has 0 fully saturated rings. The fourth-order valence-electron chi connectivity index (χ4n) is 0.820. The fourth-order valence-corrected chi connectivity index (χ4v) is 0.820. The molecule has 0 unspecified atom stereocenters. The summed E-state index contributed by atoms with van der Waals surface area (Å²) in [5, 5.41) is 53.2. The third-order valence-corrected chi connectivity index (χ3v) is 1.77. The third-order valence-electron chi connectivity index (χ3n) is 1.77. The van der Waals surface area contributed by atoms with Crippen LogP contribution in [-0.2, 0) is 4.79 Å². The first-order valence-electron chi connectivity index (χ1n) is 3.92. The number of carbonyl (C=O) groups excluding carboxylic acids is 1. The first kappa shape index (κ1) is 13.4. The van der Waals surface area contributed by atoms with Crippen LogP contribution in [0.15, 0.2) is 0 Å². The lowest BCUT2D eigenvalue weighted by Gasteiger charge is -2.26. The number of aliphatic hydroxyl groups excluding tert-OH is 6. The van der Waals surface area contributed by atoms with Crippen molar-refractivity contribution < 1.29 is 35.4 Å². The molecule has 7 heteroatoms.